The predicted octanol–water partition coefficient (Wildman–Crippen LogP) is 5.00. The Morgan fingerprint density at radius 2 is 1.97 bits per heavy atom. The van der Waals surface area contributed by atoms with Crippen molar-refractivity contribution >= 4 is 23.5 Å². The van der Waals surface area contributed by atoms with E-state index in [9.17, 15) is 9.59 Å². The zero-order valence-corrected chi connectivity index (χ0v) is 21.3. The number of likely N-dealkylation sites (N-methyl/N-ethyl adjacent to an activating group) is 1. The van der Waals surface area contributed by atoms with E-state index in [-0.39, 0.29) is 29.8 Å². The van der Waals surface area contributed by atoms with Crippen LogP contribution in [0, 0.1) is 12.8 Å². The van der Waals surface area contributed by atoms with Crippen LogP contribution in [0.25, 0.3) is 10.4 Å². The molecule has 1 N–H and O–H groups in total. The van der Waals surface area contributed by atoms with Gasteiger partial charge in [-0.3, -0.25) is 9.69 Å². The van der Waals surface area contributed by atoms with Gasteiger partial charge in [-0.15, -0.1) is 11.3 Å². The molecule has 0 spiro atoms. The third-order valence-corrected chi connectivity index (χ3v) is 7.23. The smallest absolute Gasteiger partial charge is 0.237 e. The number of aldehydes is 1. The molecule has 3 aromatic rings. The van der Waals surface area contributed by atoms with E-state index >= 15 is 0 Å². The van der Waals surface area contributed by atoms with Gasteiger partial charge in [-0.05, 0) is 57.3 Å². The minimum Gasteiger partial charge on any atom is -0.361 e. The van der Waals surface area contributed by atoms with Crippen LogP contribution in [-0.2, 0) is 9.59 Å². The van der Waals surface area contributed by atoms with Gasteiger partial charge in [0, 0.05) is 6.07 Å². The number of benzene rings is 1. The number of hydrogen-bond donors (Lipinski definition) is 1. The Morgan fingerprint density at radius 1 is 1.24 bits per heavy atom. The molecule has 3 heterocycles. The van der Waals surface area contributed by atoms with Crippen LogP contribution in [0.1, 0.15) is 62.6 Å². The lowest BCUT2D eigenvalue weighted by Gasteiger charge is -2.22. The Morgan fingerprint density at radius 3 is 2.47 bits per heavy atom. The lowest BCUT2D eigenvalue weighted by atomic mass is 9.95. The molecule has 1 fully saturated rings. The van der Waals surface area contributed by atoms with Gasteiger partial charge in [0.1, 0.15) is 12.0 Å². The van der Waals surface area contributed by atoms with E-state index in [0.717, 1.165) is 36.9 Å². The van der Waals surface area contributed by atoms with Gasteiger partial charge in [-0.2, -0.15) is 0 Å². The predicted molar refractivity (Wildman–Crippen MR) is 135 cm³/mol. The summed E-state index contributed by atoms with van der Waals surface area (Å²) in [6, 6.07) is 10.2. The third-order valence-electron chi connectivity index (χ3n) is 6.25. The first kappa shape index (κ1) is 25.8. The van der Waals surface area contributed by atoms with E-state index < -0.39 is 0 Å². The quantitative estimate of drug-likeness (QED) is 0.477. The van der Waals surface area contributed by atoms with Crippen LogP contribution in [0.15, 0.2) is 46.6 Å². The lowest BCUT2D eigenvalue weighted by molar-refractivity contribution is -0.125. The fraction of sp³-hybridized carbons (Fsp3) is 0.462. The minimum absolute atomic E-state index is 0.0214. The Hall–Kier alpha value is -2.84. The van der Waals surface area contributed by atoms with Gasteiger partial charge in [-0.1, -0.05) is 43.3 Å². The molecule has 2 aromatic heterocycles. The van der Waals surface area contributed by atoms with Crippen molar-refractivity contribution in [1.29, 1.82) is 0 Å². The van der Waals surface area contributed by atoms with E-state index in [1.54, 1.807) is 23.6 Å². The summed E-state index contributed by atoms with van der Waals surface area (Å²) in [4.78, 5) is 30.6. The largest absolute Gasteiger partial charge is 0.361 e. The average molecular weight is 483 g/mol. The average Bonchev–Trinajstić information content (AvgIpc) is 3.57. The number of aryl methyl sites for hydroxylation is 1. The number of amides is 1. The molecule has 1 aliphatic rings. The van der Waals surface area contributed by atoms with Crippen molar-refractivity contribution in [2.24, 2.45) is 5.92 Å². The molecule has 0 saturated carbocycles. The fourth-order valence-electron chi connectivity index (χ4n) is 4.09. The highest BCUT2D eigenvalue weighted by molar-refractivity contribution is 7.13. The molecule has 3 unspecified atom stereocenters. The molecule has 1 saturated heterocycles. The van der Waals surface area contributed by atoms with E-state index in [0.29, 0.717) is 5.76 Å². The van der Waals surface area contributed by atoms with Crippen molar-refractivity contribution < 1.29 is 14.1 Å². The number of hydrogen-bond acceptors (Lipinski definition) is 7. The molecule has 182 valence electrons. The number of rotatable bonds is 7. The summed E-state index contributed by atoms with van der Waals surface area (Å²) in [6.45, 7) is 9.03. The normalized spacial score (nSPS) is 17.6. The van der Waals surface area contributed by atoms with Crippen LogP contribution in [0.3, 0.4) is 0 Å². The van der Waals surface area contributed by atoms with E-state index in [4.69, 9.17) is 4.52 Å². The van der Waals surface area contributed by atoms with Gasteiger partial charge in [0.2, 0.25) is 5.91 Å². The van der Waals surface area contributed by atoms with Crippen LogP contribution in [-0.4, -0.2) is 46.9 Å². The van der Waals surface area contributed by atoms with Gasteiger partial charge in [-0.25, -0.2) is 4.98 Å². The molecule has 0 aliphatic carbocycles. The van der Waals surface area contributed by atoms with E-state index in [2.05, 4.69) is 44.6 Å². The Bertz CT molecular complexity index is 1050. The van der Waals surface area contributed by atoms with Crippen molar-refractivity contribution in [3.8, 4) is 10.4 Å². The van der Waals surface area contributed by atoms with Crippen LogP contribution in [0.5, 0.6) is 0 Å². The number of carbonyl (C=O) groups excluding carboxylic acids is 2. The van der Waals surface area contributed by atoms with Crippen molar-refractivity contribution in [3.05, 3.63) is 59.1 Å². The second kappa shape index (κ2) is 12.0. The highest BCUT2D eigenvalue weighted by atomic mass is 32.1. The highest BCUT2D eigenvalue weighted by Gasteiger charge is 2.28. The zero-order valence-electron chi connectivity index (χ0n) is 20.5. The van der Waals surface area contributed by atoms with Crippen molar-refractivity contribution in [3.63, 3.8) is 0 Å². The molecular weight excluding hydrogens is 448 g/mol. The number of thiazole rings is 1. The molecule has 7 nitrogen and oxygen atoms in total. The maximum atomic E-state index is 12.4. The van der Waals surface area contributed by atoms with Gasteiger partial charge in [0.25, 0.3) is 0 Å². The van der Waals surface area contributed by atoms with Crippen LogP contribution in [0.2, 0.25) is 0 Å². The Kier molecular flexibility index (Phi) is 9.12. The van der Waals surface area contributed by atoms with Gasteiger partial charge in [0.15, 0.2) is 0 Å². The Labute approximate surface area is 205 Å². The molecule has 1 amide bonds. The molecule has 1 aromatic carbocycles. The summed E-state index contributed by atoms with van der Waals surface area (Å²) in [6.07, 6.45) is 4.50. The summed E-state index contributed by atoms with van der Waals surface area (Å²) in [7, 11) is 2.02. The van der Waals surface area contributed by atoms with E-state index in [1.165, 1.54) is 10.4 Å². The summed E-state index contributed by atoms with van der Waals surface area (Å²) in [5.74, 6) is 0.896. The second-order valence-electron chi connectivity index (χ2n) is 9.08. The van der Waals surface area contributed by atoms with Gasteiger partial charge < -0.3 is 14.6 Å². The summed E-state index contributed by atoms with van der Waals surface area (Å²) >= 11 is 1.66. The van der Waals surface area contributed by atoms with Crippen LogP contribution < -0.4 is 5.32 Å². The zero-order chi connectivity index (χ0) is 24.7. The number of likely N-dealkylation sites (tertiary alicyclic amines) is 1. The lowest BCUT2D eigenvalue weighted by Crippen LogP contribution is -2.42. The molecule has 0 bridgehead atoms. The summed E-state index contributed by atoms with van der Waals surface area (Å²) < 4.78 is 4.87. The fourth-order valence-corrected chi connectivity index (χ4v) is 4.90. The maximum absolute atomic E-state index is 12.4. The second-order valence-corrected chi connectivity index (χ2v) is 9.93. The van der Waals surface area contributed by atoms with Crippen LogP contribution >= 0.6 is 11.3 Å². The van der Waals surface area contributed by atoms with E-state index in [1.807, 2.05) is 40.3 Å². The maximum Gasteiger partial charge on any atom is 0.237 e. The van der Waals surface area contributed by atoms with Crippen molar-refractivity contribution in [2.45, 2.75) is 58.5 Å². The number of carbonyl (C=O) groups is 2. The number of nitrogens with one attached hydrogen (secondary N) is 1. The van der Waals surface area contributed by atoms with Crippen LogP contribution in [0.4, 0.5) is 0 Å². The molecular formula is C26H34N4O3S. The first-order valence-electron chi connectivity index (χ1n) is 11.7. The summed E-state index contributed by atoms with van der Waals surface area (Å²) in [5, 5.41) is 6.68. The number of nitrogens with zero attached hydrogens (tertiary/aromatic N) is 3. The molecule has 1 aliphatic heterocycles. The summed E-state index contributed by atoms with van der Waals surface area (Å²) in [5.41, 5.74) is 5.25. The Balaban J connectivity index is 0.000000248. The van der Waals surface area contributed by atoms with Crippen molar-refractivity contribution in [2.75, 3.05) is 13.6 Å². The monoisotopic (exact) mass is 482 g/mol. The molecule has 3 atom stereocenters. The molecule has 8 heteroatoms. The molecule has 0 radical (unpaired) electrons. The molecule has 34 heavy (non-hydrogen) atoms. The van der Waals surface area contributed by atoms with Gasteiger partial charge in [0.05, 0.1) is 40.3 Å². The molecule has 4 rings (SSSR count). The SMILES string of the molecule is CC(C)C(C=O)c1ccno1.Cc1ncsc1-c1ccc(C(C)NC(=O)C2CCCN2C)cc1. The van der Waals surface area contributed by atoms with Crippen molar-refractivity contribution in [1.82, 2.24) is 20.4 Å². The first-order chi connectivity index (χ1) is 16.3. The minimum atomic E-state index is -0.155. The topological polar surface area (TPSA) is 88.3 Å². The van der Waals surface area contributed by atoms with Gasteiger partial charge >= 0.3 is 0 Å². The first-order valence-corrected chi connectivity index (χ1v) is 12.6. The highest BCUT2D eigenvalue weighted by Crippen LogP contribution is 2.28. The number of aromatic nitrogens is 2. The third kappa shape index (κ3) is 6.39. The standard InChI is InChI=1S/C18H23N3OS.C8H11NO2/c1-12(20-18(22)16-5-4-10-21(16)3)14-6-8-15(9-7-14)17-13(2)19-11-23-17;1-6(2)7(5-10)8-3-4-9-11-8/h6-9,11-12,16H,4-5,10H2,1-3H3,(H,20,22);3-7H,1-2H3.